The van der Waals surface area contributed by atoms with Crippen molar-refractivity contribution in [1.29, 1.82) is 0 Å². The Hall–Kier alpha value is -1.62. The molecule has 0 atom stereocenters. The summed E-state index contributed by atoms with van der Waals surface area (Å²) in [6, 6.07) is 3.87. The highest BCUT2D eigenvalue weighted by molar-refractivity contribution is 5.90. The molecule has 1 saturated heterocycles. The van der Waals surface area contributed by atoms with Crippen molar-refractivity contribution in [2.75, 3.05) is 18.0 Å². The molecule has 3 N–H and O–H groups in total. The van der Waals surface area contributed by atoms with Crippen molar-refractivity contribution < 1.29 is 4.79 Å². The van der Waals surface area contributed by atoms with Crippen LogP contribution in [0.2, 0.25) is 0 Å². The van der Waals surface area contributed by atoms with Crippen LogP contribution in [-0.4, -0.2) is 29.5 Å². The highest BCUT2D eigenvalue weighted by Gasteiger charge is 2.38. The molecule has 92 valence electrons. The van der Waals surface area contributed by atoms with Crippen molar-refractivity contribution >= 4 is 11.7 Å². The van der Waals surface area contributed by atoms with Gasteiger partial charge in [0.1, 0.15) is 11.4 Å². The van der Waals surface area contributed by atoms with Crippen molar-refractivity contribution in [3.63, 3.8) is 0 Å². The minimum Gasteiger partial charge on any atom is -0.352 e. The first kappa shape index (κ1) is 11.9. The van der Waals surface area contributed by atoms with E-state index in [-0.39, 0.29) is 5.91 Å². The number of carbonyl (C=O) groups excluding carboxylic acids is 1. The number of aromatic nitrogens is 1. The van der Waals surface area contributed by atoms with E-state index in [2.05, 4.69) is 10.3 Å². The van der Waals surface area contributed by atoms with Gasteiger partial charge in [0, 0.05) is 25.8 Å². The number of anilines is 1. The molecule has 5 heteroatoms. The van der Waals surface area contributed by atoms with Gasteiger partial charge in [0.25, 0.3) is 0 Å². The van der Waals surface area contributed by atoms with Crippen LogP contribution in [0.4, 0.5) is 5.82 Å². The maximum atomic E-state index is 11.8. The summed E-state index contributed by atoms with van der Waals surface area (Å²) in [5.74, 6) is 0.857. The van der Waals surface area contributed by atoms with Crippen LogP contribution in [0.1, 0.15) is 19.4 Å². The third kappa shape index (κ3) is 2.10. The fourth-order valence-corrected chi connectivity index (χ4v) is 2.00. The minimum atomic E-state index is -0.560. The Morgan fingerprint density at radius 2 is 2.29 bits per heavy atom. The van der Waals surface area contributed by atoms with Crippen LogP contribution in [0.5, 0.6) is 0 Å². The molecule has 0 spiro atoms. The van der Waals surface area contributed by atoms with Gasteiger partial charge in [-0.3, -0.25) is 4.79 Å². The first-order valence-electron chi connectivity index (χ1n) is 5.76. The van der Waals surface area contributed by atoms with Gasteiger partial charge in [0.2, 0.25) is 5.91 Å². The van der Waals surface area contributed by atoms with Gasteiger partial charge in [-0.2, -0.15) is 0 Å². The number of hydrogen-bond donors (Lipinski definition) is 2. The molecule has 1 fully saturated rings. The van der Waals surface area contributed by atoms with Gasteiger partial charge in [-0.15, -0.1) is 0 Å². The topological polar surface area (TPSA) is 71.2 Å². The monoisotopic (exact) mass is 234 g/mol. The number of nitrogens with one attached hydrogen (secondary N) is 1. The summed E-state index contributed by atoms with van der Waals surface area (Å²) in [5, 5.41) is 2.87. The van der Waals surface area contributed by atoms with E-state index in [1.807, 2.05) is 30.9 Å². The summed E-state index contributed by atoms with van der Waals surface area (Å²) in [4.78, 5) is 18.2. The first-order valence-corrected chi connectivity index (χ1v) is 5.76. The molecule has 1 aromatic rings. The van der Waals surface area contributed by atoms with Crippen LogP contribution in [0.3, 0.4) is 0 Å². The Morgan fingerprint density at radius 3 is 2.88 bits per heavy atom. The number of nitrogens with zero attached hydrogens (tertiary/aromatic N) is 2. The lowest BCUT2D eigenvalue weighted by Crippen LogP contribution is -2.62. The average Bonchev–Trinajstić information content (AvgIpc) is 2.33. The Bertz CT molecular complexity index is 413. The molecular weight excluding hydrogens is 216 g/mol. The normalized spacial score (nSPS) is 19.0. The Kier molecular flexibility index (Phi) is 3.02. The van der Waals surface area contributed by atoms with E-state index in [1.54, 1.807) is 6.20 Å². The molecule has 1 aliphatic heterocycles. The summed E-state index contributed by atoms with van der Waals surface area (Å²) >= 11 is 0. The maximum Gasteiger partial charge on any atom is 0.245 e. The summed E-state index contributed by atoms with van der Waals surface area (Å²) in [6.07, 6.45) is 1.76. The lowest BCUT2D eigenvalue weighted by atomic mass is 9.99. The largest absolute Gasteiger partial charge is 0.352 e. The number of rotatable bonds is 2. The molecule has 1 aliphatic rings. The number of carbonyl (C=O) groups is 1. The number of pyridine rings is 1. The van der Waals surface area contributed by atoms with E-state index in [1.165, 1.54) is 0 Å². The third-order valence-corrected chi connectivity index (χ3v) is 3.17. The fourth-order valence-electron chi connectivity index (χ4n) is 2.00. The van der Waals surface area contributed by atoms with Crippen LogP contribution in [0.25, 0.3) is 0 Å². The maximum absolute atomic E-state index is 11.8. The lowest BCUT2D eigenvalue weighted by Gasteiger charge is -2.42. The Labute approximate surface area is 101 Å². The molecule has 5 nitrogen and oxygen atoms in total. The molecule has 0 aromatic carbocycles. The molecule has 2 heterocycles. The van der Waals surface area contributed by atoms with Gasteiger partial charge in [0.05, 0.1) is 0 Å². The molecule has 0 bridgehead atoms. The van der Waals surface area contributed by atoms with Gasteiger partial charge >= 0.3 is 0 Å². The van der Waals surface area contributed by atoms with Crippen molar-refractivity contribution in [3.05, 3.63) is 23.9 Å². The Balaban J connectivity index is 2.28. The van der Waals surface area contributed by atoms with Gasteiger partial charge in [-0.05, 0) is 25.5 Å². The van der Waals surface area contributed by atoms with Crippen molar-refractivity contribution in [2.24, 2.45) is 5.73 Å². The predicted octanol–water partition coefficient (Wildman–Crippen LogP) is 0.255. The zero-order valence-electron chi connectivity index (χ0n) is 10.2. The SMILES string of the molecule is CC1(C)C(=O)NCCN1c1ccc(CN)cn1. The number of nitrogens with two attached hydrogens (primary N) is 1. The molecule has 2 rings (SSSR count). The predicted molar refractivity (Wildman–Crippen MR) is 66.6 cm³/mol. The van der Waals surface area contributed by atoms with Crippen LogP contribution in [0, 0.1) is 0 Å². The van der Waals surface area contributed by atoms with Gasteiger partial charge in [-0.25, -0.2) is 4.98 Å². The molecule has 0 aliphatic carbocycles. The minimum absolute atomic E-state index is 0.0356. The summed E-state index contributed by atoms with van der Waals surface area (Å²) in [7, 11) is 0. The first-order chi connectivity index (χ1) is 8.05. The van der Waals surface area contributed by atoms with E-state index in [4.69, 9.17) is 5.73 Å². The van der Waals surface area contributed by atoms with Crippen LogP contribution in [0.15, 0.2) is 18.3 Å². The average molecular weight is 234 g/mol. The van der Waals surface area contributed by atoms with Crippen molar-refractivity contribution in [1.82, 2.24) is 10.3 Å². The summed E-state index contributed by atoms with van der Waals surface area (Å²) in [6.45, 7) is 5.72. The molecule has 0 unspecified atom stereocenters. The molecular formula is C12H18N4O. The van der Waals surface area contributed by atoms with Crippen LogP contribution in [-0.2, 0) is 11.3 Å². The molecule has 0 radical (unpaired) electrons. The number of hydrogen-bond acceptors (Lipinski definition) is 4. The van der Waals surface area contributed by atoms with Gasteiger partial charge in [0.15, 0.2) is 0 Å². The summed E-state index contributed by atoms with van der Waals surface area (Å²) < 4.78 is 0. The smallest absolute Gasteiger partial charge is 0.245 e. The standard InChI is InChI=1S/C12H18N4O/c1-12(2)11(17)14-5-6-16(12)10-4-3-9(7-13)8-15-10/h3-4,8H,5-7,13H2,1-2H3,(H,14,17). The van der Waals surface area contributed by atoms with Crippen molar-refractivity contribution in [3.8, 4) is 0 Å². The fraction of sp³-hybridized carbons (Fsp3) is 0.500. The third-order valence-electron chi connectivity index (χ3n) is 3.17. The highest BCUT2D eigenvalue weighted by atomic mass is 16.2. The van der Waals surface area contributed by atoms with E-state index in [0.717, 1.165) is 17.9 Å². The highest BCUT2D eigenvalue weighted by Crippen LogP contribution is 2.24. The zero-order valence-corrected chi connectivity index (χ0v) is 10.2. The van der Waals surface area contributed by atoms with Gasteiger partial charge < -0.3 is 16.0 Å². The van der Waals surface area contributed by atoms with Crippen molar-refractivity contribution in [2.45, 2.75) is 25.9 Å². The van der Waals surface area contributed by atoms with E-state index in [9.17, 15) is 4.79 Å². The second-order valence-corrected chi connectivity index (χ2v) is 4.70. The second-order valence-electron chi connectivity index (χ2n) is 4.70. The number of amides is 1. The Morgan fingerprint density at radius 1 is 1.53 bits per heavy atom. The van der Waals surface area contributed by atoms with E-state index >= 15 is 0 Å². The quantitative estimate of drug-likeness (QED) is 0.769. The molecule has 1 aromatic heterocycles. The molecule has 0 saturated carbocycles. The lowest BCUT2D eigenvalue weighted by molar-refractivity contribution is -0.126. The summed E-state index contributed by atoms with van der Waals surface area (Å²) in [5.41, 5.74) is 5.97. The molecule has 17 heavy (non-hydrogen) atoms. The van der Waals surface area contributed by atoms with E-state index in [0.29, 0.717) is 13.1 Å². The van der Waals surface area contributed by atoms with Crippen LogP contribution < -0.4 is 16.0 Å². The van der Waals surface area contributed by atoms with Crippen LogP contribution >= 0.6 is 0 Å². The second kappa shape index (κ2) is 4.33. The van der Waals surface area contributed by atoms with Gasteiger partial charge in [-0.1, -0.05) is 6.07 Å². The number of piperazine rings is 1. The molecule has 1 amide bonds. The zero-order chi connectivity index (χ0) is 12.5. The van der Waals surface area contributed by atoms with E-state index < -0.39 is 5.54 Å².